The Hall–Kier alpha value is -3.00. The van der Waals surface area contributed by atoms with E-state index in [9.17, 15) is 19.7 Å². The van der Waals surface area contributed by atoms with Crippen molar-refractivity contribution < 1.29 is 37.9 Å². The van der Waals surface area contributed by atoms with Crippen molar-refractivity contribution in [2.75, 3.05) is 38.8 Å². The van der Waals surface area contributed by atoms with E-state index in [2.05, 4.69) is 26.6 Å². The Morgan fingerprint density at radius 1 is 0.915 bits per heavy atom. The van der Waals surface area contributed by atoms with Gasteiger partial charge in [0.15, 0.2) is 19.9 Å². The molecule has 11 nitrogen and oxygen atoms in total. The minimum absolute atomic E-state index is 0. The van der Waals surface area contributed by atoms with Crippen LogP contribution in [0.2, 0.25) is 19.6 Å². The molecule has 2 fully saturated rings. The Balaban J connectivity index is 0.000000383. The van der Waals surface area contributed by atoms with Gasteiger partial charge in [-0.25, -0.2) is 0 Å². The van der Waals surface area contributed by atoms with E-state index in [0.717, 1.165) is 37.1 Å². The lowest BCUT2D eigenvalue weighted by atomic mass is 9.98. The van der Waals surface area contributed by atoms with Crippen LogP contribution in [0.15, 0.2) is 48.5 Å². The molecule has 0 bridgehead atoms. The van der Waals surface area contributed by atoms with Crippen molar-refractivity contribution in [1.82, 2.24) is 0 Å². The molecule has 4 rings (SSSR count). The van der Waals surface area contributed by atoms with Crippen molar-refractivity contribution in [2.45, 2.75) is 104 Å². The van der Waals surface area contributed by atoms with Crippen LogP contribution in [0, 0.1) is 10.1 Å². The number of carbonyl (C=O) groups excluding carboxylic acids is 2. The highest BCUT2D eigenvalue weighted by atomic mass is 28.4. The molecule has 0 aromatic heterocycles. The first-order chi connectivity index (χ1) is 21.6. The molecule has 12 heteroatoms. The van der Waals surface area contributed by atoms with E-state index < -0.39 is 24.8 Å². The minimum Gasteiger partial charge on any atom is -0.418 e. The zero-order chi connectivity index (χ0) is 34.2. The summed E-state index contributed by atoms with van der Waals surface area (Å²) in [5, 5.41) is 10.4. The summed E-state index contributed by atoms with van der Waals surface area (Å²) < 4.78 is 28.7. The molecule has 0 unspecified atom stereocenters. The van der Waals surface area contributed by atoms with Crippen molar-refractivity contribution in [3.05, 3.63) is 69.8 Å². The number of nitro groups is 1. The van der Waals surface area contributed by atoms with E-state index in [1.807, 2.05) is 31.2 Å². The summed E-state index contributed by atoms with van der Waals surface area (Å²) in [6, 6.07) is 14.0. The fraction of sp³-hybridized carbons (Fsp3) is 0.600. The molecule has 2 aromatic carbocycles. The molecule has 0 aliphatic carbocycles. The van der Waals surface area contributed by atoms with Crippen LogP contribution in [0.5, 0.6) is 0 Å². The highest BCUT2D eigenvalue weighted by molar-refractivity contribution is 6.69. The first-order valence-corrected chi connectivity index (χ1v) is 19.3. The number of non-ortho nitro benzene ring substituents is 1. The van der Waals surface area contributed by atoms with Crippen LogP contribution in [-0.4, -0.2) is 69.4 Å². The van der Waals surface area contributed by atoms with Gasteiger partial charge in [-0.05, 0) is 76.0 Å². The van der Waals surface area contributed by atoms with E-state index in [1.54, 1.807) is 12.1 Å². The number of nitrogen functional groups attached to an aromatic ring is 1. The number of hydrogen-bond donors (Lipinski definition) is 1. The summed E-state index contributed by atoms with van der Waals surface area (Å²) in [4.78, 5) is 31.9. The van der Waals surface area contributed by atoms with Gasteiger partial charge in [0, 0.05) is 37.3 Å². The van der Waals surface area contributed by atoms with E-state index in [1.165, 1.54) is 24.6 Å². The van der Waals surface area contributed by atoms with Gasteiger partial charge in [0.1, 0.15) is 11.6 Å². The van der Waals surface area contributed by atoms with Crippen LogP contribution in [0.4, 0.5) is 11.4 Å². The molecule has 264 valence electrons. The van der Waals surface area contributed by atoms with Gasteiger partial charge >= 0.3 is 0 Å². The standard InChI is InChI=1S/C16H23NO4.C12H13NO4.C6H16OSi.CH4/c1-15(18-8-9-19-15)12-16(20-10-11-21-16)7-6-13-2-4-14(17)5-3-13;1-9(14)8-12(15)7-4-10-2-5-11(6-3-10)13(16)17;1-5-6-7-8(2,3)4;/h2-5H,6-12,17H2,1H3;2-3,5-6H,4,7-8H2,1H3;5-6H2,1-4H3;1H4. The van der Waals surface area contributed by atoms with Crippen molar-refractivity contribution in [2.24, 2.45) is 0 Å². The lowest BCUT2D eigenvalue weighted by molar-refractivity contribution is -0.384. The number of nitrogens with zero attached hydrogens (tertiary/aromatic N) is 1. The number of aryl methyl sites for hydroxylation is 2. The number of benzene rings is 2. The van der Waals surface area contributed by atoms with Gasteiger partial charge in [-0.15, -0.1) is 0 Å². The quantitative estimate of drug-likeness (QED) is 0.0725. The maximum absolute atomic E-state index is 11.3. The van der Waals surface area contributed by atoms with E-state index in [4.69, 9.17) is 29.1 Å². The van der Waals surface area contributed by atoms with Crippen LogP contribution in [-0.2, 0) is 45.8 Å². The Labute approximate surface area is 281 Å². The number of Topliss-reactive ketones (excluding diaryl/α,β-unsaturated/α-hetero) is 2. The summed E-state index contributed by atoms with van der Waals surface area (Å²) in [6.45, 7) is 15.5. The van der Waals surface area contributed by atoms with Gasteiger partial charge in [-0.3, -0.25) is 19.7 Å². The Morgan fingerprint density at radius 3 is 1.89 bits per heavy atom. The second kappa shape index (κ2) is 20.4. The molecule has 2 N–H and O–H groups in total. The maximum Gasteiger partial charge on any atom is 0.269 e. The number of ether oxygens (including phenoxy) is 4. The van der Waals surface area contributed by atoms with Gasteiger partial charge in [0.25, 0.3) is 5.69 Å². The van der Waals surface area contributed by atoms with Crippen molar-refractivity contribution in [3.63, 3.8) is 0 Å². The van der Waals surface area contributed by atoms with Gasteiger partial charge in [0.05, 0.1) is 44.2 Å². The summed E-state index contributed by atoms with van der Waals surface area (Å²) in [6.07, 6.45) is 4.14. The molecule has 2 aromatic rings. The number of carbonyl (C=O) groups is 2. The van der Waals surface area contributed by atoms with Crippen LogP contribution < -0.4 is 5.73 Å². The van der Waals surface area contributed by atoms with Crippen LogP contribution in [0.25, 0.3) is 0 Å². The zero-order valence-electron chi connectivity index (χ0n) is 28.3. The smallest absolute Gasteiger partial charge is 0.269 e. The average molecular weight is 677 g/mol. The monoisotopic (exact) mass is 676 g/mol. The first kappa shape index (κ1) is 42.0. The van der Waals surface area contributed by atoms with Crippen molar-refractivity contribution in [3.8, 4) is 0 Å². The molecular formula is C35H56N2O9Si. The highest BCUT2D eigenvalue weighted by Gasteiger charge is 2.46. The van der Waals surface area contributed by atoms with Crippen molar-refractivity contribution >= 4 is 31.3 Å². The number of anilines is 1. The summed E-state index contributed by atoms with van der Waals surface area (Å²) in [5.41, 5.74) is 8.60. The molecule has 2 saturated heterocycles. The Bertz CT molecular complexity index is 1220. The van der Waals surface area contributed by atoms with E-state index in [0.29, 0.717) is 39.3 Å². The topological polar surface area (TPSA) is 149 Å². The molecule has 0 saturated carbocycles. The molecule has 47 heavy (non-hydrogen) atoms. The lowest BCUT2D eigenvalue weighted by Gasteiger charge is -2.34. The second-order valence-corrected chi connectivity index (χ2v) is 17.2. The lowest BCUT2D eigenvalue weighted by Crippen LogP contribution is -2.41. The third-order valence-electron chi connectivity index (χ3n) is 7.10. The molecule has 0 atom stereocenters. The Kier molecular flexibility index (Phi) is 18.2. The largest absolute Gasteiger partial charge is 0.418 e. The fourth-order valence-corrected chi connectivity index (χ4v) is 5.66. The average Bonchev–Trinajstić information content (AvgIpc) is 3.64. The van der Waals surface area contributed by atoms with Crippen LogP contribution in [0.3, 0.4) is 0 Å². The summed E-state index contributed by atoms with van der Waals surface area (Å²) in [5.74, 6) is -1.46. The molecule has 2 heterocycles. The molecule has 0 amide bonds. The first-order valence-electron chi connectivity index (χ1n) is 15.9. The molecule has 2 aliphatic heterocycles. The molecule has 0 radical (unpaired) electrons. The molecule has 0 spiro atoms. The molecular weight excluding hydrogens is 620 g/mol. The third kappa shape index (κ3) is 17.1. The number of ketones is 2. The zero-order valence-corrected chi connectivity index (χ0v) is 29.3. The predicted molar refractivity (Wildman–Crippen MR) is 187 cm³/mol. The predicted octanol–water partition coefficient (Wildman–Crippen LogP) is 7.06. The normalized spacial score (nSPS) is 16.1. The maximum atomic E-state index is 11.3. The molecule has 2 aliphatic rings. The number of hydrogen-bond acceptors (Lipinski definition) is 10. The van der Waals surface area contributed by atoms with Gasteiger partial charge in [-0.2, -0.15) is 0 Å². The number of nitrogens with two attached hydrogens (primary N) is 1. The fourth-order valence-electron chi connectivity index (χ4n) is 4.84. The number of nitro benzene ring substituents is 1. The van der Waals surface area contributed by atoms with E-state index in [-0.39, 0.29) is 37.5 Å². The Morgan fingerprint density at radius 2 is 1.43 bits per heavy atom. The minimum atomic E-state index is -1.18. The highest BCUT2D eigenvalue weighted by Crippen LogP contribution is 2.37. The van der Waals surface area contributed by atoms with Crippen LogP contribution >= 0.6 is 0 Å². The van der Waals surface area contributed by atoms with Crippen LogP contribution in [0.1, 0.15) is 71.4 Å². The van der Waals surface area contributed by atoms with E-state index >= 15 is 0 Å². The van der Waals surface area contributed by atoms with Gasteiger partial charge < -0.3 is 29.1 Å². The number of rotatable bonds is 14. The third-order valence-corrected chi connectivity index (χ3v) is 8.17. The van der Waals surface area contributed by atoms with Gasteiger partial charge in [0.2, 0.25) is 0 Å². The second-order valence-electron chi connectivity index (χ2n) is 12.7. The van der Waals surface area contributed by atoms with Gasteiger partial charge in [-0.1, -0.05) is 38.6 Å². The van der Waals surface area contributed by atoms with Crippen molar-refractivity contribution in [1.29, 1.82) is 0 Å². The summed E-state index contributed by atoms with van der Waals surface area (Å²) >= 11 is 0. The summed E-state index contributed by atoms with van der Waals surface area (Å²) in [7, 11) is -1.18. The SMILES string of the molecule is C.CC(=O)CC(=O)CCc1ccc([N+](=O)[O-])cc1.CC1(CC2(CCc3ccc(N)cc3)OCCO2)OCCO1.CCCO[Si](C)(C)C.